The molecule has 0 radical (unpaired) electrons. The molecule has 754 valence electrons. The summed E-state index contributed by atoms with van der Waals surface area (Å²) < 4.78 is 29.0. The van der Waals surface area contributed by atoms with E-state index in [-0.39, 0.29) is 137 Å². The Bertz CT molecular complexity index is 3860. The lowest BCUT2D eigenvalue weighted by Gasteiger charge is -2.54. The molecule has 0 aromatic heterocycles. The summed E-state index contributed by atoms with van der Waals surface area (Å²) in [6, 6.07) is 0. The van der Waals surface area contributed by atoms with Gasteiger partial charge < -0.3 is 28.7 Å². The highest BCUT2D eigenvalue weighted by Gasteiger charge is 2.54. The topological polar surface area (TPSA) is 241 Å². The highest BCUT2D eigenvalue weighted by molar-refractivity contribution is 5.94. The first-order chi connectivity index (χ1) is 60.4. The predicted molar refractivity (Wildman–Crippen MR) is 531 cm³/mol. The second-order valence-electron chi connectivity index (χ2n) is 51.6. The lowest BCUT2D eigenvalue weighted by Crippen LogP contribution is -2.63. The Hall–Kier alpha value is -5.72. The van der Waals surface area contributed by atoms with Gasteiger partial charge in [-0.2, -0.15) is 0 Å². The molecule has 0 aromatic rings. The van der Waals surface area contributed by atoms with Gasteiger partial charge in [0.2, 0.25) is 23.6 Å². The van der Waals surface area contributed by atoms with Gasteiger partial charge in [0, 0.05) is 214 Å². The van der Waals surface area contributed by atoms with Crippen LogP contribution in [0.25, 0.3) is 0 Å². The zero-order valence-electron chi connectivity index (χ0n) is 90.2. The van der Waals surface area contributed by atoms with Gasteiger partial charge in [-0.25, -0.2) is 31.4 Å². The van der Waals surface area contributed by atoms with E-state index in [1.54, 1.807) is 21.1 Å². The van der Waals surface area contributed by atoms with Crippen molar-refractivity contribution in [1.82, 2.24) is 103 Å². The number of nitrogens with one attached hydrogen (secondary N) is 6. The summed E-state index contributed by atoms with van der Waals surface area (Å²) in [5.74, 6) is 4.92. The third-order valence-electron chi connectivity index (χ3n) is 34.1. The van der Waals surface area contributed by atoms with E-state index in [9.17, 15) is 0 Å². The molecule has 0 unspecified atom stereocenters. The highest BCUT2D eigenvalue weighted by Crippen LogP contribution is 2.48. The van der Waals surface area contributed by atoms with E-state index in [1.807, 2.05) is 12.2 Å². The molecular weight excluding hydrogens is 1670 g/mol. The Balaban J connectivity index is 0.935. The van der Waals surface area contributed by atoms with Gasteiger partial charge in [-0.1, -0.05) is 20.8 Å². The minimum absolute atomic E-state index is 0.0754. The standard InChI is InChI=1S/C100H186N24O8/c1-85(2)53-69(54-86(3,4)111(85)33)125-81-49-77(103-121(107-81)129-73-61-93(17,18)115(37)94(19,20)62-73)101-43-41-45-119(79-51-83(127-71-57-89(9,10)113(35)90(11,12)58-71)109-123(105-79)131-75-65-97(25,26)117(39)98(27,28)66-75)47-48-120(80-52-84(128-72-59-91(13,14)114(36)92(15,16)60-72)110-124(106-80)132-76-67-99(29,30)118(40)100(31,32)68-76)46-42-44-102-78-50-82(126-70-55-87(5,6)112(34)88(7,8)56-70)108-122(104-78)130-74-63-95(21,22)116(38)96(23,24)64-74/h49-52,69-76,105-108H,41-48,53-68H2,1-40H3,(H,101,103)(H,102,104). The number of likely N-dealkylation sites (tertiary alicyclic amines) is 8. The molecule has 32 nitrogen and oxygen atoms in total. The zero-order valence-corrected chi connectivity index (χ0v) is 90.2. The fraction of sp³-hybridized carbons (Fsp3) is 0.880. The number of hydrazone groups is 2. The molecule has 8 saturated heterocycles. The normalized spacial score (nSPS) is 29.4. The molecule has 0 spiro atoms. The van der Waals surface area contributed by atoms with Gasteiger partial charge in [0.05, 0.1) is 24.4 Å². The Morgan fingerprint density at radius 1 is 0.265 bits per heavy atom. The highest BCUT2D eigenvalue weighted by atomic mass is 16.8. The molecule has 0 amide bonds. The van der Waals surface area contributed by atoms with Crippen molar-refractivity contribution in [3.63, 3.8) is 0 Å². The number of nitrogens with zero attached hydrogens (tertiary/aromatic N) is 18. The van der Waals surface area contributed by atoms with Crippen molar-refractivity contribution in [2.75, 3.05) is 95.6 Å². The van der Waals surface area contributed by atoms with E-state index in [0.29, 0.717) is 87.3 Å². The summed E-state index contributed by atoms with van der Waals surface area (Å²) in [6.45, 7) is 77.0. The van der Waals surface area contributed by atoms with Crippen molar-refractivity contribution in [3.05, 3.63) is 47.7 Å². The number of ether oxygens (including phenoxy) is 4. The van der Waals surface area contributed by atoms with E-state index < -0.39 is 0 Å². The molecule has 132 heavy (non-hydrogen) atoms. The number of amidine groups is 2. The average molecular weight is 1850 g/mol. The second kappa shape index (κ2) is 37.8. The molecule has 12 aliphatic heterocycles. The first-order valence-corrected chi connectivity index (χ1v) is 50.1. The Morgan fingerprint density at radius 3 is 0.697 bits per heavy atom. The molecule has 8 fully saturated rings. The SMILES string of the molecule is CN1C(C)(C)CC(OC2=CC(=NCCCN(CCN(CCCN=C3C=C(OC4CC(C)(C)N(C)C(C)(C)C4)NN(OC4CC(C)(C)N(C)C(C)(C)C4)N3)C3=CC(OC4CC(C)(C)N(C)C(C)(C)C4)=NN(OC4CC(C)(C)N(C)C(C)(C)C4)N3)C3=CC(OC4CC(C)(C)N(C)C(C)(C)C4)=NN(OC4CC(C)(C)N(C)C(C)(C)C4)N3)NN(OC3CC(C)(C)N(C)C(C)(C)C3)N2)CC1(C)C. The molecule has 0 aromatic carbocycles. The van der Waals surface area contributed by atoms with E-state index in [1.165, 1.54) is 0 Å². The summed E-state index contributed by atoms with van der Waals surface area (Å²) in [5.41, 5.74) is 19.5. The van der Waals surface area contributed by atoms with Crippen LogP contribution in [-0.4, -0.2) is 327 Å². The zero-order chi connectivity index (χ0) is 97.8. The third-order valence-corrected chi connectivity index (χ3v) is 34.1. The first kappa shape index (κ1) is 105. The smallest absolute Gasteiger partial charge is 0.239 e. The summed E-state index contributed by atoms with van der Waals surface area (Å²) >= 11 is 0. The van der Waals surface area contributed by atoms with Crippen LogP contribution < -0.4 is 32.6 Å². The maximum Gasteiger partial charge on any atom is 0.239 e. The Labute approximate surface area is 798 Å². The maximum absolute atomic E-state index is 7.36. The Morgan fingerprint density at radius 2 is 0.470 bits per heavy atom. The molecule has 0 saturated carbocycles. The van der Waals surface area contributed by atoms with Crippen LogP contribution in [0, 0.1) is 0 Å². The van der Waals surface area contributed by atoms with Gasteiger partial charge >= 0.3 is 0 Å². The minimum Gasteiger partial charge on any atom is -0.475 e. The lowest BCUT2D eigenvalue weighted by atomic mass is 9.79. The lowest BCUT2D eigenvalue weighted by molar-refractivity contribution is -0.275. The monoisotopic (exact) mass is 1850 g/mol. The van der Waals surface area contributed by atoms with Crippen LogP contribution in [0.4, 0.5) is 0 Å². The number of hydrazine groups is 6. The second-order valence-corrected chi connectivity index (χ2v) is 51.6. The number of piperidine rings is 8. The van der Waals surface area contributed by atoms with Crippen molar-refractivity contribution < 1.29 is 38.3 Å². The van der Waals surface area contributed by atoms with Crippen LogP contribution in [0.15, 0.2) is 67.9 Å². The molecule has 6 N–H and O–H groups in total. The number of hydrogen-bond acceptors (Lipinski definition) is 30. The van der Waals surface area contributed by atoms with Crippen molar-refractivity contribution in [3.8, 4) is 0 Å². The van der Waals surface area contributed by atoms with E-state index >= 15 is 0 Å². The summed E-state index contributed by atoms with van der Waals surface area (Å²) in [4.78, 5) is 64.3. The largest absolute Gasteiger partial charge is 0.475 e. The fourth-order valence-electron chi connectivity index (χ4n) is 24.6. The molecule has 12 heterocycles. The average Bonchev–Trinajstić information content (AvgIpc) is 0.764. The van der Waals surface area contributed by atoms with Gasteiger partial charge in [-0.15, -0.1) is 0 Å². The fourth-order valence-corrected chi connectivity index (χ4v) is 24.6. The van der Waals surface area contributed by atoms with Crippen LogP contribution in [-0.2, 0) is 38.3 Å². The first-order valence-electron chi connectivity index (χ1n) is 50.1. The van der Waals surface area contributed by atoms with Gasteiger partial charge in [0.15, 0.2) is 0 Å². The third kappa shape index (κ3) is 24.6. The van der Waals surface area contributed by atoms with E-state index in [4.69, 9.17) is 58.5 Å². The van der Waals surface area contributed by atoms with Crippen LogP contribution in [0.5, 0.6) is 0 Å². The summed E-state index contributed by atoms with van der Waals surface area (Å²) in [5, 5.41) is 17.1. The number of hydrogen-bond donors (Lipinski definition) is 6. The van der Waals surface area contributed by atoms with Crippen molar-refractivity contribution >= 4 is 23.5 Å². The van der Waals surface area contributed by atoms with Crippen molar-refractivity contribution in [2.45, 2.75) is 475 Å². The molecule has 0 aliphatic carbocycles. The number of rotatable bonds is 27. The predicted octanol–water partition coefficient (Wildman–Crippen LogP) is 14.5. The van der Waals surface area contributed by atoms with E-state index in [0.717, 1.165) is 114 Å². The molecule has 12 rings (SSSR count). The Kier molecular flexibility index (Phi) is 30.1. The molecular formula is C100H186N24O8. The molecule has 32 heteroatoms. The van der Waals surface area contributed by atoms with Gasteiger partial charge in [0.25, 0.3) is 0 Å². The van der Waals surface area contributed by atoms with E-state index in [2.05, 4.69) is 372 Å². The van der Waals surface area contributed by atoms with Gasteiger partial charge in [0.1, 0.15) is 47.7 Å². The quantitative estimate of drug-likeness (QED) is 0.0419. The minimum atomic E-state index is -0.195. The van der Waals surface area contributed by atoms with Crippen molar-refractivity contribution in [1.29, 1.82) is 0 Å². The summed E-state index contributed by atoms with van der Waals surface area (Å²) in [7, 11) is 17.9. The van der Waals surface area contributed by atoms with Crippen LogP contribution in [0.2, 0.25) is 0 Å². The molecule has 0 bridgehead atoms. The summed E-state index contributed by atoms with van der Waals surface area (Å²) in [6.07, 6.45) is 21.3. The molecule has 0 atom stereocenters. The van der Waals surface area contributed by atoms with Gasteiger partial charge in [-0.3, -0.25) is 69.7 Å². The number of aliphatic imine (C=N–C) groups is 2. The maximum atomic E-state index is 7.36. The molecule has 12 aliphatic rings. The van der Waals surface area contributed by atoms with Crippen molar-refractivity contribution in [2.24, 2.45) is 20.2 Å². The van der Waals surface area contributed by atoms with Crippen LogP contribution >= 0.6 is 0 Å². The van der Waals surface area contributed by atoms with Crippen LogP contribution in [0.1, 0.15) is 337 Å². The van der Waals surface area contributed by atoms with Gasteiger partial charge in [-0.05, 0) is 342 Å². The van der Waals surface area contributed by atoms with Crippen LogP contribution in [0.3, 0.4) is 0 Å².